The van der Waals surface area contributed by atoms with Crippen molar-refractivity contribution in [2.24, 2.45) is 0 Å². The predicted octanol–water partition coefficient (Wildman–Crippen LogP) is -0.0142. The third-order valence-corrected chi connectivity index (χ3v) is 2.25. The van der Waals surface area contributed by atoms with Gasteiger partial charge in [0.25, 0.3) is 0 Å². The van der Waals surface area contributed by atoms with Gasteiger partial charge in [0, 0.05) is 6.20 Å². The summed E-state index contributed by atoms with van der Waals surface area (Å²) in [5, 5.41) is 7.86. The number of aromatic nitrogens is 1. The zero-order valence-corrected chi connectivity index (χ0v) is 6.58. The second-order valence-electron chi connectivity index (χ2n) is 1.88. The summed E-state index contributed by atoms with van der Waals surface area (Å²) in [6.45, 7) is 0. The first-order valence-corrected chi connectivity index (χ1v) is 4.31. The molecule has 7 heteroatoms. The van der Waals surface area contributed by atoms with Crippen LogP contribution in [-0.2, 0) is 10.0 Å². The Balaban J connectivity index is 2.96. The Hall–Kier alpha value is -1.50. The Labute approximate surface area is 68.3 Å². The number of sulfonamides is 1. The maximum atomic E-state index is 10.9. The van der Waals surface area contributed by atoms with Gasteiger partial charge in [0.1, 0.15) is 0 Å². The van der Waals surface area contributed by atoms with Gasteiger partial charge in [-0.3, -0.25) is 0 Å². The van der Waals surface area contributed by atoms with Crippen molar-refractivity contribution >= 4 is 16.1 Å². The predicted molar refractivity (Wildman–Crippen MR) is 38.1 cm³/mol. The van der Waals surface area contributed by atoms with Crippen LogP contribution in [-0.4, -0.2) is 24.6 Å². The van der Waals surface area contributed by atoms with Crippen LogP contribution in [0.3, 0.4) is 0 Å². The fraction of sp³-hybridized carbons (Fsp3) is 0. The number of carbonyl (C=O) groups is 1. The minimum Gasteiger partial charge on any atom is -0.463 e. The number of amides is 1. The molecule has 0 aromatic carbocycles. The van der Waals surface area contributed by atoms with Gasteiger partial charge >= 0.3 is 16.1 Å². The van der Waals surface area contributed by atoms with E-state index in [-0.39, 0.29) is 5.03 Å². The molecule has 0 atom stereocenters. The minimum atomic E-state index is -4.05. The molecule has 1 radical (unpaired) electrons. The fourth-order valence-electron chi connectivity index (χ4n) is 0.626. The second-order valence-corrected chi connectivity index (χ2v) is 3.46. The Morgan fingerprint density at radius 1 is 1.58 bits per heavy atom. The van der Waals surface area contributed by atoms with Gasteiger partial charge in [-0.25, -0.2) is 4.79 Å². The summed E-state index contributed by atoms with van der Waals surface area (Å²) in [6.07, 6.45) is -0.367. The zero-order valence-electron chi connectivity index (χ0n) is 5.76. The maximum Gasteiger partial charge on any atom is 0.442 e. The average molecular weight is 189 g/mol. The second kappa shape index (κ2) is 2.86. The number of H-pyrrole nitrogens is 1. The van der Waals surface area contributed by atoms with E-state index in [2.05, 4.69) is 9.71 Å². The first-order chi connectivity index (χ1) is 5.52. The normalized spacial score (nSPS) is 11.0. The molecule has 65 valence electrons. The topological polar surface area (TPSA) is 101 Å². The lowest BCUT2D eigenvalue weighted by Crippen LogP contribution is -2.21. The maximum absolute atomic E-state index is 10.9. The highest BCUT2D eigenvalue weighted by atomic mass is 32.2. The summed E-state index contributed by atoms with van der Waals surface area (Å²) < 4.78 is 24.4. The lowest BCUT2D eigenvalue weighted by atomic mass is 10.7. The molecule has 0 aliphatic rings. The van der Waals surface area contributed by atoms with Crippen LogP contribution in [0.25, 0.3) is 0 Å². The highest BCUT2D eigenvalue weighted by Crippen LogP contribution is 2.04. The zero-order chi connectivity index (χ0) is 9.19. The number of nitrogens with one attached hydrogen (secondary N) is 1. The van der Waals surface area contributed by atoms with Crippen LogP contribution in [0.15, 0.2) is 23.4 Å². The van der Waals surface area contributed by atoms with Gasteiger partial charge in [-0.2, -0.15) is 8.42 Å². The monoisotopic (exact) mass is 189 g/mol. The smallest absolute Gasteiger partial charge is 0.442 e. The van der Waals surface area contributed by atoms with E-state index >= 15 is 0 Å². The van der Waals surface area contributed by atoms with E-state index in [0.29, 0.717) is 0 Å². The molecule has 0 bridgehead atoms. The fourth-order valence-corrected chi connectivity index (χ4v) is 1.40. The van der Waals surface area contributed by atoms with Crippen molar-refractivity contribution in [3.63, 3.8) is 0 Å². The third kappa shape index (κ3) is 1.76. The van der Waals surface area contributed by atoms with Crippen molar-refractivity contribution in [2.45, 2.75) is 5.03 Å². The van der Waals surface area contributed by atoms with Gasteiger partial charge in [0.05, 0.1) is 0 Å². The standard InChI is InChI=1S/C5H5N2O4S/c8-5(9)7-12(10,11)4-2-1-3-6-4/h1-3,6H,(H,8,9). The van der Waals surface area contributed by atoms with E-state index in [1.165, 1.54) is 18.3 Å². The summed E-state index contributed by atoms with van der Waals surface area (Å²) in [5.41, 5.74) is 0. The molecule has 1 heterocycles. The molecule has 6 nitrogen and oxygen atoms in total. The molecular formula is C5H5N2O4S. The molecule has 0 aliphatic carbocycles. The van der Waals surface area contributed by atoms with Gasteiger partial charge < -0.3 is 10.1 Å². The first kappa shape index (κ1) is 8.60. The lowest BCUT2D eigenvalue weighted by Gasteiger charge is -1.95. The molecule has 2 N–H and O–H groups in total. The van der Waals surface area contributed by atoms with Gasteiger partial charge in [0.15, 0.2) is 5.03 Å². The van der Waals surface area contributed by atoms with E-state index in [1.807, 2.05) is 0 Å². The Morgan fingerprint density at radius 2 is 2.25 bits per heavy atom. The Kier molecular flexibility index (Phi) is 2.05. The summed E-state index contributed by atoms with van der Waals surface area (Å²) in [6, 6.07) is 2.66. The summed E-state index contributed by atoms with van der Waals surface area (Å²) in [4.78, 5) is 12.3. The van der Waals surface area contributed by atoms with Gasteiger partial charge in [-0.05, 0) is 12.1 Å². The van der Waals surface area contributed by atoms with Gasteiger partial charge in [-0.15, -0.1) is 0 Å². The molecule has 0 aliphatic heterocycles. The molecule has 1 amide bonds. The third-order valence-electron chi connectivity index (χ3n) is 1.05. The molecule has 0 spiro atoms. The van der Waals surface area contributed by atoms with Gasteiger partial charge in [-0.1, -0.05) is 4.72 Å². The van der Waals surface area contributed by atoms with Crippen molar-refractivity contribution in [1.29, 1.82) is 0 Å². The van der Waals surface area contributed by atoms with Crippen molar-refractivity contribution < 1.29 is 18.3 Å². The average Bonchev–Trinajstić information content (AvgIpc) is 2.32. The SMILES string of the molecule is O=C(O)[N]S(=O)(=O)c1ccc[nH]1. The van der Waals surface area contributed by atoms with Crippen molar-refractivity contribution in [2.75, 3.05) is 0 Å². The van der Waals surface area contributed by atoms with E-state index in [1.54, 1.807) is 0 Å². The molecule has 1 aromatic rings. The number of rotatable bonds is 2. The Bertz CT molecular complexity index is 366. The highest BCUT2D eigenvalue weighted by molar-refractivity contribution is 7.89. The van der Waals surface area contributed by atoms with E-state index in [9.17, 15) is 13.2 Å². The van der Waals surface area contributed by atoms with Crippen molar-refractivity contribution in [1.82, 2.24) is 9.71 Å². The molecular weight excluding hydrogens is 184 g/mol. The van der Waals surface area contributed by atoms with Crippen LogP contribution in [0.1, 0.15) is 0 Å². The Morgan fingerprint density at radius 3 is 2.67 bits per heavy atom. The van der Waals surface area contributed by atoms with E-state index < -0.39 is 16.1 Å². The summed E-state index contributed by atoms with van der Waals surface area (Å²) in [5.74, 6) is 0. The molecule has 1 rings (SSSR count). The van der Waals surface area contributed by atoms with E-state index in [0.717, 1.165) is 0 Å². The molecule has 0 fully saturated rings. The van der Waals surface area contributed by atoms with Crippen LogP contribution in [0, 0.1) is 0 Å². The molecule has 0 saturated carbocycles. The van der Waals surface area contributed by atoms with Gasteiger partial charge in [0.2, 0.25) is 0 Å². The van der Waals surface area contributed by atoms with Crippen molar-refractivity contribution in [3.05, 3.63) is 18.3 Å². The molecule has 1 aromatic heterocycles. The number of carboxylic acid groups (broad SMARTS) is 1. The van der Waals surface area contributed by atoms with Crippen LogP contribution in [0.5, 0.6) is 0 Å². The highest BCUT2D eigenvalue weighted by Gasteiger charge is 2.19. The van der Waals surface area contributed by atoms with Crippen molar-refractivity contribution in [3.8, 4) is 0 Å². The summed E-state index contributed by atoms with van der Waals surface area (Å²) in [7, 11) is -4.05. The first-order valence-electron chi connectivity index (χ1n) is 2.87. The molecule has 0 unspecified atom stereocenters. The largest absolute Gasteiger partial charge is 0.463 e. The number of hydrogen-bond donors (Lipinski definition) is 2. The van der Waals surface area contributed by atoms with E-state index in [4.69, 9.17) is 5.11 Å². The summed E-state index contributed by atoms with van der Waals surface area (Å²) >= 11 is 0. The minimum absolute atomic E-state index is 0.232. The molecule has 0 saturated heterocycles. The lowest BCUT2D eigenvalue weighted by molar-refractivity contribution is 0.200. The molecule has 12 heavy (non-hydrogen) atoms. The number of aromatic amines is 1. The van der Waals surface area contributed by atoms with Crippen LogP contribution in [0.4, 0.5) is 4.79 Å². The quantitative estimate of drug-likeness (QED) is 0.682. The van der Waals surface area contributed by atoms with Crippen LogP contribution in [0.2, 0.25) is 0 Å². The van der Waals surface area contributed by atoms with Crippen LogP contribution >= 0.6 is 0 Å². The van der Waals surface area contributed by atoms with Crippen LogP contribution < -0.4 is 4.72 Å². The number of hydrogen-bond acceptors (Lipinski definition) is 3. The number of nitrogens with zero attached hydrogens (tertiary/aromatic N) is 1.